The number of fused-ring (bicyclic) bond motifs is 1. The molecule has 142 valence electrons. The monoisotopic (exact) mass is 385 g/mol. The summed E-state index contributed by atoms with van der Waals surface area (Å²) in [6.07, 6.45) is 0.686. The summed E-state index contributed by atoms with van der Waals surface area (Å²) in [6, 6.07) is 8.05. The first kappa shape index (κ1) is 17.9. The number of aromatic nitrogens is 3. The number of morpholine rings is 1. The van der Waals surface area contributed by atoms with Crippen molar-refractivity contribution in [3.8, 4) is 0 Å². The van der Waals surface area contributed by atoms with Gasteiger partial charge >= 0.3 is 0 Å². The summed E-state index contributed by atoms with van der Waals surface area (Å²) in [4.78, 5) is 24.7. The van der Waals surface area contributed by atoms with Gasteiger partial charge in [0.05, 0.1) is 29.9 Å². The Kier molecular flexibility index (Phi) is 5.09. The Morgan fingerprint density at radius 2 is 2.04 bits per heavy atom. The molecule has 27 heavy (non-hydrogen) atoms. The number of hydrogen-bond donors (Lipinski definition) is 1. The zero-order valence-corrected chi connectivity index (χ0v) is 16.4. The van der Waals surface area contributed by atoms with Gasteiger partial charge in [-0.15, -0.1) is 0 Å². The van der Waals surface area contributed by atoms with Gasteiger partial charge in [0.15, 0.2) is 5.13 Å². The molecule has 0 aliphatic carbocycles. The number of carbonyl (C=O) groups excluding carboxylic acids is 1. The van der Waals surface area contributed by atoms with Gasteiger partial charge in [0.25, 0.3) is 5.91 Å². The number of nitrogens with zero attached hydrogens (tertiary/aromatic N) is 4. The number of hydrogen-bond acceptors (Lipinski definition) is 6. The fourth-order valence-corrected chi connectivity index (χ4v) is 4.30. The number of imidazole rings is 1. The van der Waals surface area contributed by atoms with E-state index in [1.165, 1.54) is 11.3 Å². The van der Waals surface area contributed by atoms with E-state index in [4.69, 9.17) is 4.74 Å². The normalized spacial score (nSPS) is 14.7. The first-order valence-electron chi connectivity index (χ1n) is 9.12. The molecule has 1 aromatic carbocycles. The summed E-state index contributed by atoms with van der Waals surface area (Å²) in [5, 5.41) is 3.91. The quantitative estimate of drug-likeness (QED) is 0.729. The van der Waals surface area contributed by atoms with Crippen molar-refractivity contribution in [1.82, 2.24) is 19.9 Å². The Balaban J connectivity index is 1.39. The van der Waals surface area contributed by atoms with Crippen molar-refractivity contribution in [2.24, 2.45) is 7.05 Å². The van der Waals surface area contributed by atoms with Crippen LogP contribution in [0.2, 0.25) is 0 Å². The van der Waals surface area contributed by atoms with Crippen LogP contribution in [0.1, 0.15) is 21.2 Å². The van der Waals surface area contributed by atoms with Gasteiger partial charge in [0.2, 0.25) is 0 Å². The predicted molar refractivity (Wildman–Crippen MR) is 107 cm³/mol. The van der Waals surface area contributed by atoms with Crippen LogP contribution in [-0.4, -0.2) is 53.3 Å². The van der Waals surface area contributed by atoms with Crippen LogP contribution >= 0.6 is 11.3 Å². The third-order valence-electron chi connectivity index (χ3n) is 4.79. The van der Waals surface area contributed by atoms with E-state index in [0.29, 0.717) is 31.1 Å². The van der Waals surface area contributed by atoms with Crippen LogP contribution in [0, 0.1) is 6.92 Å². The fourth-order valence-electron chi connectivity index (χ4n) is 3.27. The molecule has 1 aliphatic heterocycles. The topological polar surface area (TPSA) is 72.3 Å². The molecule has 8 heteroatoms. The molecule has 1 saturated heterocycles. The predicted octanol–water partition coefficient (Wildman–Crippen LogP) is 2.15. The van der Waals surface area contributed by atoms with Crippen molar-refractivity contribution < 1.29 is 9.53 Å². The van der Waals surface area contributed by atoms with Crippen molar-refractivity contribution in [2.75, 3.05) is 37.7 Å². The molecule has 0 unspecified atom stereocenters. The maximum atomic E-state index is 12.6. The van der Waals surface area contributed by atoms with Crippen LogP contribution in [0.4, 0.5) is 5.13 Å². The van der Waals surface area contributed by atoms with Crippen LogP contribution in [0.3, 0.4) is 0 Å². The zero-order valence-electron chi connectivity index (χ0n) is 15.6. The molecule has 3 heterocycles. The lowest BCUT2D eigenvalue weighted by molar-refractivity contribution is 0.0957. The van der Waals surface area contributed by atoms with E-state index in [9.17, 15) is 4.79 Å². The van der Waals surface area contributed by atoms with Crippen LogP contribution in [0.5, 0.6) is 0 Å². The minimum atomic E-state index is -0.0664. The van der Waals surface area contributed by atoms with Crippen molar-refractivity contribution in [3.05, 3.63) is 40.7 Å². The molecule has 3 aromatic rings. The molecule has 0 atom stereocenters. The number of thiazole rings is 1. The molecule has 1 N–H and O–H groups in total. The largest absolute Gasteiger partial charge is 0.378 e. The summed E-state index contributed by atoms with van der Waals surface area (Å²) in [5.41, 5.74) is 2.86. The van der Waals surface area contributed by atoms with E-state index in [-0.39, 0.29) is 5.91 Å². The van der Waals surface area contributed by atoms with Gasteiger partial charge in [0, 0.05) is 33.1 Å². The summed E-state index contributed by atoms with van der Waals surface area (Å²) < 4.78 is 7.46. The molecule has 1 fully saturated rings. The number of anilines is 1. The Hall–Kier alpha value is -2.45. The second-order valence-corrected chi connectivity index (χ2v) is 7.57. The third kappa shape index (κ3) is 3.68. The number of benzene rings is 1. The molecule has 4 rings (SSSR count). The van der Waals surface area contributed by atoms with E-state index < -0.39 is 0 Å². The number of para-hydroxylation sites is 2. The number of aryl methyl sites for hydroxylation is 2. The number of carbonyl (C=O) groups is 1. The Morgan fingerprint density at radius 3 is 2.81 bits per heavy atom. The molecule has 0 bridgehead atoms. The molecule has 0 spiro atoms. The van der Waals surface area contributed by atoms with Gasteiger partial charge in [0.1, 0.15) is 10.7 Å². The molecule has 0 saturated carbocycles. The van der Waals surface area contributed by atoms with Gasteiger partial charge in [-0.2, -0.15) is 0 Å². The Morgan fingerprint density at radius 1 is 1.26 bits per heavy atom. The van der Waals surface area contributed by atoms with Gasteiger partial charge in [-0.05, 0) is 19.1 Å². The molecule has 7 nitrogen and oxygen atoms in total. The summed E-state index contributed by atoms with van der Waals surface area (Å²) >= 11 is 1.45. The Labute approximate surface area is 162 Å². The lowest BCUT2D eigenvalue weighted by Gasteiger charge is -2.25. The third-order valence-corrected chi connectivity index (χ3v) is 6.00. The number of ether oxygens (including phenoxy) is 1. The molecule has 1 amide bonds. The number of nitrogens with one attached hydrogen (secondary N) is 1. The molecule has 2 aromatic heterocycles. The second-order valence-electron chi connectivity index (χ2n) is 6.59. The van der Waals surface area contributed by atoms with E-state index in [0.717, 1.165) is 40.8 Å². The maximum absolute atomic E-state index is 12.6. The smallest absolute Gasteiger partial charge is 0.263 e. The van der Waals surface area contributed by atoms with Crippen LogP contribution < -0.4 is 10.2 Å². The van der Waals surface area contributed by atoms with Crippen molar-refractivity contribution >= 4 is 33.4 Å². The highest BCUT2D eigenvalue weighted by molar-refractivity contribution is 7.17. The standard InChI is InChI=1S/C19H23N5O2S/c1-13-17(27-19(21-13)24-9-11-26-12-10-24)18(25)20-8-7-16-22-14-5-3-4-6-15(14)23(16)2/h3-6H,7-12H2,1-2H3,(H,20,25). The Bertz CT molecular complexity index is 958. The number of amides is 1. The summed E-state index contributed by atoms with van der Waals surface area (Å²) in [5.74, 6) is 0.898. The highest BCUT2D eigenvalue weighted by Crippen LogP contribution is 2.26. The van der Waals surface area contributed by atoms with Gasteiger partial charge in [-0.25, -0.2) is 9.97 Å². The first-order chi connectivity index (χ1) is 13.1. The van der Waals surface area contributed by atoms with E-state index in [2.05, 4.69) is 30.8 Å². The van der Waals surface area contributed by atoms with E-state index in [1.807, 2.05) is 32.2 Å². The van der Waals surface area contributed by atoms with E-state index >= 15 is 0 Å². The molecular formula is C19H23N5O2S. The minimum Gasteiger partial charge on any atom is -0.378 e. The molecule has 1 aliphatic rings. The van der Waals surface area contributed by atoms with Crippen molar-refractivity contribution in [1.29, 1.82) is 0 Å². The summed E-state index contributed by atoms with van der Waals surface area (Å²) in [7, 11) is 2.01. The van der Waals surface area contributed by atoms with Gasteiger partial charge in [-0.3, -0.25) is 4.79 Å². The zero-order chi connectivity index (χ0) is 18.8. The first-order valence-corrected chi connectivity index (χ1v) is 9.94. The average molecular weight is 385 g/mol. The lowest BCUT2D eigenvalue weighted by Crippen LogP contribution is -2.36. The number of rotatable bonds is 5. The fraction of sp³-hybridized carbons (Fsp3) is 0.421. The van der Waals surface area contributed by atoms with Crippen LogP contribution in [0.25, 0.3) is 11.0 Å². The van der Waals surface area contributed by atoms with Crippen molar-refractivity contribution in [2.45, 2.75) is 13.3 Å². The van der Waals surface area contributed by atoms with E-state index in [1.54, 1.807) is 0 Å². The molecule has 0 radical (unpaired) electrons. The van der Waals surface area contributed by atoms with Crippen LogP contribution in [-0.2, 0) is 18.2 Å². The highest BCUT2D eigenvalue weighted by Gasteiger charge is 2.20. The van der Waals surface area contributed by atoms with Crippen LogP contribution in [0.15, 0.2) is 24.3 Å². The average Bonchev–Trinajstić information content (AvgIpc) is 3.23. The second kappa shape index (κ2) is 7.66. The minimum absolute atomic E-state index is 0.0664. The maximum Gasteiger partial charge on any atom is 0.263 e. The molecular weight excluding hydrogens is 362 g/mol. The lowest BCUT2D eigenvalue weighted by atomic mass is 10.3. The van der Waals surface area contributed by atoms with Gasteiger partial charge in [-0.1, -0.05) is 23.5 Å². The van der Waals surface area contributed by atoms with Gasteiger partial charge < -0.3 is 19.5 Å². The van der Waals surface area contributed by atoms with Crippen molar-refractivity contribution in [3.63, 3.8) is 0 Å². The highest BCUT2D eigenvalue weighted by atomic mass is 32.1. The summed E-state index contributed by atoms with van der Waals surface area (Å²) in [6.45, 7) is 5.48. The SMILES string of the molecule is Cc1nc(N2CCOCC2)sc1C(=O)NCCc1nc2ccccc2n1C.